The van der Waals surface area contributed by atoms with E-state index >= 15 is 0 Å². The molecule has 0 aromatic rings. The average molecular weight is 202 g/mol. The van der Waals surface area contributed by atoms with E-state index in [1.807, 2.05) is 6.92 Å². The standard InChI is InChI=1S/C10H18O4/c1-8(14-10(3)12)6-4-5-7-13-9(2)11/h8H,4-7H2,1-3H3/t8-/m0/s1. The van der Waals surface area contributed by atoms with Crippen molar-refractivity contribution in [1.82, 2.24) is 0 Å². The molecule has 14 heavy (non-hydrogen) atoms. The SMILES string of the molecule is CC(=O)OCCCC[C@H](C)OC(C)=O. The lowest BCUT2D eigenvalue weighted by Crippen LogP contribution is -2.12. The number of ether oxygens (including phenoxy) is 2. The van der Waals surface area contributed by atoms with Crippen molar-refractivity contribution in [3.63, 3.8) is 0 Å². The van der Waals surface area contributed by atoms with Crippen molar-refractivity contribution >= 4 is 11.9 Å². The van der Waals surface area contributed by atoms with Crippen LogP contribution in [0.25, 0.3) is 0 Å². The minimum Gasteiger partial charge on any atom is -0.466 e. The van der Waals surface area contributed by atoms with Gasteiger partial charge in [-0.25, -0.2) is 0 Å². The lowest BCUT2D eigenvalue weighted by molar-refractivity contribution is -0.145. The van der Waals surface area contributed by atoms with E-state index in [1.165, 1.54) is 13.8 Å². The van der Waals surface area contributed by atoms with Gasteiger partial charge in [0.05, 0.1) is 12.7 Å². The monoisotopic (exact) mass is 202 g/mol. The second-order valence-corrected chi connectivity index (χ2v) is 3.26. The molecule has 0 aromatic carbocycles. The summed E-state index contributed by atoms with van der Waals surface area (Å²) in [5, 5.41) is 0. The van der Waals surface area contributed by atoms with Crippen LogP contribution >= 0.6 is 0 Å². The molecule has 0 rings (SSSR count). The van der Waals surface area contributed by atoms with Crippen molar-refractivity contribution in [2.45, 2.75) is 46.1 Å². The van der Waals surface area contributed by atoms with Gasteiger partial charge < -0.3 is 9.47 Å². The molecule has 0 fully saturated rings. The minimum atomic E-state index is -0.252. The van der Waals surface area contributed by atoms with Crippen LogP contribution in [-0.4, -0.2) is 24.6 Å². The number of carbonyl (C=O) groups excluding carboxylic acids is 2. The summed E-state index contributed by atoms with van der Waals surface area (Å²) in [5.74, 6) is -0.504. The van der Waals surface area contributed by atoms with Crippen LogP contribution in [0.15, 0.2) is 0 Å². The summed E-state index contributed by atoms with van der Waals surface area (Å²) >= 11 is 0. The van der Waals surface area contributed by atoms with E-state index < -0.39 is 0 Å². The largest absolute Gasteiger partial charge is 0.466 e. The molecule has 82 valence electrons. The maximum atomic E-state index is 10.5. The molecular weight excluding hydrogens is 184 g/mol. The Hall–Kier alpha value is -1.06. The Morgan fingerprint density at radius 2 is 1.79 bits per heavy atom. The zero-order valence-corrected chi connectivity index (χ0v) is 9.04. The molecule has 0 unspecified atom stereocenters. The van der Waals surface area contributed by atoms with Gasteiger partial charge in [-0.15, -0.1) is 0 Å². The predicted molar refractivity (Wildman–Crippen MR) is 51.7 cm³/mol. The van der Waals surface area contributed by atoms with Gasteiger partial charge in [-0.2, -0.15) is 0 Å². The molecule has 0 aliphatic carbocycles. The Balaban J connectivity index is 3.27. The van der Waals surface area contributed by atoms with E-state index in [0.29, 0.717) is 6.61 Å². The number of unbranched alkanes of at least 4 members (excludes halogenated alkanes) is 1. The van der Waals surface area contributed by atoms with Crippen LogP contribution in [-0.2, 0) is 19.1 Å². The molecule has 0 aliphatic heterocycles. The molecule has 1 atom stereocenters. The van der Waals surface area contributed by atoms with Crippen LogP contribution < -0.4 is 0 Å². The van der Waals surface area contributed by atoms with Gasteiger partial charge in [-0.3, -0.25) is 9.59 Å². The minimum absolute atomic E-state index is 0.0511. The fourth-order valence-electron chi connectivity index (χ4n) is 1.09. The maximum absolute atomic E-state index is 10.5. The van der Waals surface area contributed by atoms with Crippen LogP contribution in [0.1, 0.15) is 40.0 Å². The van der Waals surface area contributed by atoms with Gasteiger partial charge in [0.2, 0.25) is 0 Å². The molecule has 0 radical (unpaired) electrons. The third-order valence-corrected chi connectivity index (χ3v) is 1.68. The average Bonchev–Trinajstić information content (AvgIpc) is 2.01. The zero-order valence-electron chi connectivity index (χ0n) is 9.04. The Bertz CT molecular complexity index is 189. The van der Waals surface area contributed by atoms with Crippen LogP contribution in [0.4, 0.5) is 0 Å². The van der Waals surface area contributed by atoms with Gasteiger partial charge in [0, 0.05) is 13.8 Å². The smallest absolute Gasteiger partial charge is 0.302 e. The highest BCUT2D eigenvalue weighted by Crippen LogP contribution is 2.04. The molecule has 0 N–H and O–H groups in total. The lowest BCUT2D eigenvalue weighted by Gasteiger charge is -2.10. The molecule has 0 heterocycles. The number of hydrogen-bond donors (Lipinski definition) is 0. The summed E-state index contributed by atoms with van der Waals surface area (Å²) in [6, 6.07) is 0. The third kappa shape index (κ3) is 9.03. The van der Waals surface area contributed by atoms with Crippen molar-refractivity contribution in [3.8, 4) is 0 Å². The van der Waals surface area contributed by atoms with Gasteiger partial charge in [-0.05, 0) is 26.2 Å². The molecular formula is C10H18O4. The van der Waals surface area contributed by atoms with Crippen molar-refractivity contribution in [2.75, 3.05) is 6.61 Å². The molecule has 0 amide bonds. The first-order valence-electron chi connectivity index (χ1n) is 4.83. The van der Waals surface area contributed by atoms with E-state index in [-0.39, 0.29) is 18.0 Å². The van der Waals surface area contributed by atoms with Crippen molar-refractivity contribution in [3.05, 3.63) is 0 Å². The van der Waals surface area contributed by atoms with Gasteiger partial charge in [0.25, 0.3) is 0 Å². The summed E-state index contributed by atoms with van der Waals surface area (Å²) in [5.41, 5.74) is 0. The number of carbonyl (C=O) groups is 2. The van der Waals surface area contributed by atoms with Crippen molar-refractivity contribution in [2.24, 2.45) is 0 Å². The van der Waals surface area contributed by atoms with E-state index in [2.05, 4.69) is 0 Å². The molecule has 0 saturated carbocycles. The second kappa shape index (κ2) is 7.35. The maximum Gasteiger partial charge on any atom is 0.302 e. The highest BCUT2D eigenvalue weighted by atomic mass is 16.5. The zero-order chi connectivity index (χ0) is 11.0. The van der Waals surface area contributed by atoms with Gasteiger partial charge >= 0.3 is 11.9 Å². The van der Waals surface area contributed by atoms with Crippen LogP contribution in [0.3, 0.4) is 0 Å². The molecule has 0 saturated heterocycles. The molecule has 0 spiro atoms. The normalized spacial score (nSPS) is 11.9. The summed E-state index contributed by atoms with van der Waals surface area (Å²) < 4.78 is 9.69. The second-order valence-electron chi connectivity index (χ2n) is 3.26. The first-order valence-corrected chi connectivity index (χ1v) is 4.83. The predicted octanol–water partition coefficient (Wildman–Crippen LogP) is 1.67. The Morgan fingerprint density at radius 1 is 1.14 bits per heavy atom. The van der Waals surface area contributed by atoms with Crippen molar-refractivity contribution in [1.29, 1.82) is 0 Å². The molecule has 4 nitrogen and oxygen atoms in total. The summed E-state index contributed by atoms with van der Waals surface area (Å²) in [6.07, 6.45) is 2.46. The summed E-state index contributed by atoms with van der Waals surface area (Å²) in [4.78, 5) is 20.9. The van der Waals surface area contributed by atoms with Crippen molar-refractivity contribution < 1.29 is 19.1 Å². The number of rotatable bonds is 6. The highest BCUT2D eigenvalue weighted by molar-refractivity contribution is 5.66. The molecule has 0 aromatic heterocycles. The number of hydrogen-bond acceptors (Lipinski definition) is 4. The Kier molecular flexibility index (Phi) is 6.80. The van der Waals surface area contributed by atoms with E-state index in [1.54, 1.807) is 0 Å². The topological polar surface area (TPSA) is 52.6 Å². The Morgan fingerprint density at radius 3 is 2.29 bits per heavy atom. The molecule has 0 bridgehead atoms. The fraction of sp³-hybridized carbons (Fsp3) is 0.800. The third-order valence-electron chi connectivity index (χ3n) is 1.68. The molecule has 0 aliphatic rings. The molecule has 4 heteroatoms. The fourth-order valence-corrected chi connectivity index (χ4v) is 1.09. The summed E-state index contributed by atoms with van der Waals surface area (Å²) in [6.45, 7) is 5.09. The highest BCUT2D eigenvalue weighted by Gasteiger charge is 2.04. The lowest BCUT2D eigenvalue weighted by atomic mass is 10.2. The van der Waals surface area contributed by atoms with E-state index in [9.17, 15) is 9.59 Å². The van der Waals surface area contributed by atoms with E-state index in [0.717, 1.165) is 19.3 Å². The summed E-state index contributed by atoms with van der Waals surface area (Å²) in [7, 11) is 0. The van der Waals surface area contributed by atoms with Gasteiger partial charge in [-0.1, -0.05) is 0 Å². The van der Waals surface area contributed by atoms with Gasteiger partial charge in [0.1, 0.15) is 0 Å². The Labute approximate surface area is 84.6 Å². The van der Waals surface area contributed by atoms with E-state index in [4.69, 9.17) is 9.47 Å². The first-order chi connectivity index (χ1) is 6.52. The van der Waals surface area contributed by atoms with Gasteiger partial charge in [0.15, 0.2) is 0 Å². The quantitative estimate of drug-likeness (QED) is 0.485. The van der Waals surface area contributed by atoms with Crippen LogP contribution in [0.2, 0.25) is 0 Å². The van der Waals surface area contributed by atoms with Crippen LogP contribution in [0, 0.1) is 0 Å². The van der Waals surface area contributed by atoms with Crippen LogP contribution in [0.5, 0.6) is 0 Å². The first kappa shape index (κ1) is 12.9. The number of esters is 2.